The van der Waals surface area contributed by atoms with Gasteiger partial charge in [-0.2, -0.15) is 0 Å². The lowest BCUT2D eigenvalue weighted by Crippen LogP contribution is -2.66. The predicted molar refractivity (Wildman–Crippen MR) is 103 cm³/mol. The summed E-state index contributed by atoms with van der Waals surface area (Å²) in [6.45, 7) is 6.69. The molecule has 1 aromatic heterocycles. The van der Waals surface area contributed by atoms with E-state index >= 15 is 0 Å². The number of carbonyl (C=O) groups excluding carboxylic acids is 2. The lowest BCUT2D eigenvalue weighted by atomic mass is 9.52. The summed E-state index contributed by atoms with van der Waals surface area (Å²) in [6.07, 6.45) is 3.91. The quantitative estimate of drug-likeness (QED) is 0.767. The van der Waals surface area contributed by atoms with Crippen LogP contribution in [0.3, 0.4) is 0 Å². The van der Waals surface area contributed by atoms with Crippen molar-refractivity contribution in [3.63, 3.8) is 0 Å². The molecule has 1 atom stereocenters. The Kier molecular flexibility index (Phi) is 5.36. The molecule has 0 aromatic carbocycles. The van der Waals surface area contributed by atoms with Gasteiger partial charge in [-0.05, 0) is 45.6 Å². The van der Waals surface area contributed by atoms with Gasteiger partial charge in [0.15, 0.2) is 0 Å². The molecule has 1 aliphatic carbocycles. The van der Waals surface area contributed by atoms with Crippen molar-refractivity contribution in [1.29, 1.82) is 0 Å². The maximum absolute atomic E-state index is 12.2. The van der Waals surface area contributed by atoms with Crippen LogP contribution in [0.4, 0.5) is 4.79 Å². The Morgan fingerprint density at radius 2 is 2.00 bits per heavy atom. The highest BCUT2D eigenvalue weighted by molar-refractivity contribution is 6.31. The molecule has 1 saturated carbocycles. The molecular formula is C20H27ClN2O5. The number of amides is 1. The maximum Gasteiger partial charge on any atom is 0.410 e. The highest BCUT2D eigenvalue weighted by atomic mass is 35.5. The largest absolute Gasteiger partial charge is 0.469 e. The molecule has 2 fully saturated rings. The molecule has 28 heavy (non-hydrogen) atoms. The number of ether oxygens (including phenoxy) is 2. The summed E-state index contributed by atoms with van der Waals surface area (Å²) in [6, 6.07) is 1.60. The fourth-order valence-corrected chi connectivity index (χ4v) is 4.52. The lowest BCUT2D eigenvalue weighted by molar-refractivity contribution is -0.176. The number of likely N-dealkylation sites (tertiary alicyclic amines) is 1. The Morgan fingerprint density at radius 1 is 1.36 bits per heavy atom. The van der Waals surface area contributed by atoms with Gasteiger partial charge in [0, 0.05) is 41.5 Å². The second-order valence-corrected chi connectivity index (χ2v) is 9.38. The molecule has 2 heterocycles. The van der Waals surface area contributed by atoms with Crippen molar-refractivity contribution in [3.8, 4) is 0 Å². The monoisotopic (exact) mass is 410 g/mol. The Bertz CT molecular complexity index is 764. The topological polar surface area (TPSA) is 89.0 Å². The molecule has 3 rings (SSSR count). The summed E-state index contributed by atoms with van der Waals surface area (Å²) in [5.41, 5.74) is -1.58. The minimum Gasteiger partial charge on any atom is -0.469 e. The summed E-state index contributed by atoms with van der Waals surface area (Å²) in [5.74, 6) is -0.679. The van der Waals surface area contributed by atoms with Gasteiger partial charge in [0.25, 0.3) is 0 Å². The van der Waals surface area contributed by atoms with E-state index in [2.05, 4.69) is 4.98 Å². The van der Waals surface area contributed by atoms with Gasteiger partial charge in [-0.1, -0.05) is 11.6 Å². The number of esters is 1. The van der Waals surface area contributed by atoms with Gasteiger partial charge >= 0.3 is 12.1 Å². The second-order valence-electron chi connectivity index (χ2n) is 8.97. The number of pyridine rings is 1. The average Bonchev–Trinajstić information content (AvgIpc) is 2.50. The van der Waals surface area contributed by atoms with Crippen LogP contribution >= 0.6 is 11.6 Å². The van der Waals surface area contributed by atoms with Gasteiger partial charge in [-0.3, -0.25) is 9.78 Å². The van der Waals surface area contributed by atoms with E-state index in [0.29, 0.717) is 36.5 Å². The van der Waals surface area contributed by atoms with Crippen molar-refractivity contribution < 1.29 is 24.2 Å². The van der Waals surface area contributed by atoms with Crippen molar-refractivity contribution in [2.24, 2.45) is 11.3 Å². The fraction of sp³-hybridized carbons (Fsp3) is 0.650. The van der Waals surface area contributed by atoms with Gasteiger partial charge in [-0.25, -0.2) is 4.79 Å². The molecule has 2 aliphatic rings. The Morgan fingerprint density at radius 3 is 2.54 bits per heavy atom. The maximum atomic E-state index is 12.2. The fourth-order valence-electron chi connectivity index (χ4n) is 4.25. The van der Waals surface area contributed by atoms with Crippen molar-refractivity contribution in [3.05, 3.63) is 29.0 Å². The van der Waals surface area contributed by atoms with Crippen LogP contribution in [-0.2, 0) is 19.9 Å². The van der Waals surface area contributed by atoms with Crippen LogP contribution in [-0.4, -0.2) is 52.9 Å². The van der Waals surface area contributed by atoms with E-state index < -0.39 is 17.2 Å². The summed E-state index contributed by atoms with van der Waals surface area (Å²) in [7, 11) is 1.29. The van der Waals surface area contributed by atoms with E-state index in [4.69, 9.17) is 21.1 Å². The number of aromatic nitrogens is 1. The molecule has 154 valence electrons. The van der Waals surface area contributed by atoms with Crippen LogP contribution in [0, 0.1) is 11.3 Å². The lowest BCUT2D eigenvalue weighted by Gasteiger charge is -2.61. The third kappa shape index (κ3) is 3.96. The molecule has 7 nitrogen and oxygen atoms in total. The first-order chi connectivity index (χ1) is 13.0. The second kappa shape index (κ2) is 7.19. The van der Waals surface area contributed by atoms with E-state index in [9.17, 15) is 14.7 Å². The molecule has 1 aromatic rings. The zero-order chi connectivity index (χ0) is 20.7. The highest BCUT2D eigenvalue weighted by Crippen LogP contribution is 2.59. The van der Waals surface area contributed by atoms with Crippen molar-refractivity contribution in [1.82, 2.24) is 9.88 Å². The molecule has 1 spiro atoms. The summed E-state index contributed by atoms with van der Waals surface area (Å²) < 4.78 is 10.2. The molecule has 1 amide bonds. The molecular weight excluding hydrogens is 384 g/mol. The van der Waals surface area contributed by atoms with Gasteiger partial charge in [-0.15, -0.1) is 0 Å². The van der Waals surface area contributed by atoms with E-state index in [1.165, 1.54) is 19.5 Å². The molecule has 1 N–H and O–H groups in total. The SMILES string of the molecule is COC(=O)CC(O)(c1cnccc1Cl)C1CC2(C1)CN(C(=O)OC(C)(C)C)C2. The van der Waals surface area contributed by atoms with Gasteiger partial charge in [0.2, 0.25) is 0 Å². The first-order valence-corrected chi connectivity index (χ1v) is 9.73. The highest BCUT2D eigenvalue weighted by Gasteiger charge is 2.60. The summed E-state index contributed by atoms with van der Waals surface area (Å²) in [5, 5.41) is 11.8. The van der Waals surface area contributed by atoms with Crippen molar-refractivity contribution >= 4 is 23.7 Å². The molecule has 0 bridgehead atoms. The van der Waals surface area contributed by atoms with Crippen LogP contribution in [0.25, 0.3) is 0 Å². The number of rotatable bonds is 4. The van der Waals surface area contributed by atoms with E-state index in [1.54, 1.807) is 11.0 Å². The van der Waals surface area contributed by atoms with E-state index in [1.807, 2.05) is 20.8 Å². The van der Waals surface area contributed by atoms with Gasteiger partial charge in [0.1, 0.15) is 11.2 Å². The number of halogens is 1. The third-order valence-corrected chi connectivity index (χ3v) is 5.94. The van der Waals surface area contributed by atoms with Crippen LogP contribution in [0.15, 0.2) is 18.5 Å². The van der Waals surface area contributed by atoms with Crippen LogP contribution in [0.2, 0.25) is 5.02 Å². The minimum atomic E-state index is -1.45. The standard InChI is InChI=1S/C20H27ClN2O5/c1-18(2,3)28-17(25)23-11-19(12-23)7-13(8-19)20(26,9-16(24)27-4)14-10-22-6-5-15(14)21/h5-6,10,13,26H,7-9,11-12H2,1-4H3. The molecule has 8 heteroatoms. The first-order valence-electron chi connectivity index (χ1n) is 9.35. The number of nitrogens with zero attached hydrogens (tertiary/aromatic N) is 2. The molecule has 1 unspecified atom stereocenters. The van der Waals surface area contributed by atoms with Gasteiger partial charge in [0.05, 0.1) is 13.5 Å². The Hall–Kier alpha value is -1.86. The van der Waals surface area contributed by atoms with E-state index in [-0.39, 0.29) is 23.8 Å². The molecule has 1 saturated heterocycles. The number of hydrogen-bond donors (Lipinski definition) is 1. The molecule has 1 aliphatic heterocycles. The van der Waals surface area contributed by atoms with Crippen molar-refractivity contribution in [2.45, 2.75) is 51.2 Å². The number of methoxy groups -OCH3 is 1. The number of aliphatic hydroxyl groups is 1. The summed E-state index contributed by atoms with van der Waals surface area (Å²) in [4.78, 5) is 29.9. The number of hydrogen-bond acceptors (Lipinski definition) is 6. The first kappa shape index (κ1) is 20.9. The predicted octanol–water partition coefficient (Wildman–Crippen LogP) is 3.13. The zero-order valence-corrected chi connectivity index (χ0v) is 17.5. The van der Waals surface area contributed by atoms with Crippen LogP contribution in [0.1, 0.15) is 45.6 Å². The minimum absolute atomic E-state index is 0.0413. The Balaban J connectivity index is 1.69. The smallest absolute Gasteiger partial charge is 0.410 e. The van der Waals surface area contributed by atoms with Crippen LogP contribution < -0.4 is 0 Å². The third-order valence-electron chi connectivity index (χ3n) is 5.61. The molecule has 0 radical (unpaired) electrons. The van der Waals surface area contributed by atoms with Gasteiger partial charge < -0.3 is 19.5 Å². The number of carbonyl (C=O) groups is 2. The zero-order valence-electron chi connectivity index (χ0n) is 16.7. The Labute approximate surface area is 170 Å². The van der Waals surface area contributed by atoms with E-state index in [0.717, 1.165) is 0 Å². The normalized spacial score (nSPS) is 20.7. The van der Waals surface area contributed by atoms with Crippen LogP contribution in [0.5, 0.6) is 0 Å². The van der Waals surface area contributed by atoms with Crippen molar-refractivity contribution in [2.75, 3.05) is 20.2 Å². The average molecular weight is 411 g/mol. The summed E-state index contributed by atoms with van der Waals surface area (Å²) >= 11 is 6.28.